The van der Waals surface area contributed by atoms with Crippen molar-refractivity contribution in [1.82, 2.24) is 14.9 Å². The van der Waals surface area contributed by atoms with E-state index in [1.165, 1.54) is 5.56 Å². The van der Waals surface area contributed by atoms with E-state index in [0.717, 1.165) is 40.7 Å². The lowest BCUT2D eigenvalue weighted by molar-refractivity contribution is 0.0240. The SMILES string of the molecule is Cc1ccc2c(c1)nc(N1CCN(C(=O)OC(C)(C)C)CC1)c1cc[nH]c12. The maximum Gasteiger partial charge on any atom is 0.410 e. The minimum atomic E-state index is -0.469. The van der Waals surface area contributed by atoms with Crippen molar-refractivity contribution in [3.8, 4) is 0 Å². The second-order valence-electron chi connectivity index (χ2n) is 8.18. The summed E-state index contributed by atoms with van der Waals surface area (Å²) in [5, 5.41) is 2.26. The number of hydrogen-bond acceptors (Lipinski definition) is 4. The van der Waals surface area contributed by atoms with Crippen molar-refractivity contribution in [2.75, 3.05) is 31.1 Å². The fraction of sp³-hybridized carbons (Fsp3) is 0.429. The summed E-state index contributed by atoms with van der Waals surface area (Å²) in [5.41, 5.74) is 2.84. The largest absolute Gasteiger partial charge is 0.444 e. The van der Waals surface area contributed by atoms with Crippen LogP contribution in [0.4, 0.5) is 10.6 Å². The van der Waals surface area contributed by atoms with Gasteiger partial charge in [-0.15, -0.1) is 0 Å². The molecule has 6 nitrogen and oxygen atoms in total. The zero-order valence-corrected chi connectivity index (χ0v) is 16.4. The first kappa shape index (κ1) is 17.6. The Morgan fingerprint density at radius 1 is 1.11 bits per heavy atom. The van der Waals surface area contributed by atoms with Crippen LogP contribution in [0.2, 0.25) is 0 Å². The molecule has 0 bridgehead atoms. The number of aromatic nitrogens is 2. The smallest absolute Gasteiger partial charge is 0.410 e. The number of hydrogen-bond donors (Lipinski definition) is 1. The van der Waals surface area contributed by atoms with Crippen molar-refractivity contribution in [3.63, 3.8) is 0 Å². The van der Waals surface area contributed by atoms with Gasteiger partial charge in [0.1, 0.15) is 11.4 Å². The maximum absolute atomic E-state index is 12.3. The molecule has 0 aliphatic carbocycles. The Kier molecular flexibility index (Phi) is 4.21. The number of aryl methyl sites for hydroxylation is 1. The molecule has 1 aliphatic heterocycles. The second kappa shape index (κ2) is 6.44. The number of rotatable bonds is 1. The summed E-state index contributed by atoms with van der Waals surface area (Å²) in [7, 11) is 0. The highest BCUT2D eigenvalue weighted by Gasteiger charge is 2.27. The highest BCUT2D eigenvalue weighted by atomic mass is 16.6. The third kappa shape index (κ3) is 3.44. The van der Waals surface area contributed by atoms with Gasteiger partial charge in [0.05, 0.1) is 11.0 Å². The lowest BCUT2D eigenvalue weighted by Crippen LogP contribution is -2.50. The summed E-state index contributed by atoms with van der Waals surface area (Å²) in [5.74, 6) is 0.980. The molecule has 3 aromatic rings. The zero-order valence-electron chi connectivity index (χ0n) is 16.4. The van der Waals surface area contributed by atoms with E-state index in [4.69, 9.17) is 9.72 Å². The number of benzene rings is 1. The molecule has 6 heteroatoms. The number of ether oxygens (including phenoxy) is 1. The normalized spacial score (nSPS) is 15.6. The third-order valence-electron chi connectivity index (χ3n) is 4.87. The number of fused-ring (bicyclic) bond motifs is 3. The van der Waals surface area contributed by atoms with Crippen LogP contribution in [0.1, 0.15) is 26.3 Å². The van der Waals surface area contributed by atoms with Gasteiger partial charge in [-0.25, -0.2) is 9.78 Å². The Morgan fingerprint density at radius 2 is 1.85 bits per heavy atom. The van der Waals surface area contributed by atoms with Crippen LogP contribution < -0.4 is 4.90 Å². The van der Waals surface area contributed by atoms with Gasteiger partial charge in [-0.05, 0) is 45.4 Å². The highest BCUT2D eigenvalue weighted by molar-refractivity contribution is 6.08. The number of carbonyl (C=O) groups excluding carboxylic acids is 1. The van der Waals surface area contributed by atoms with E-state index in [1.54, 1.807) is 4.90 Å². The van der Waals surface area contributed by atoms with E-state index in [2.05, 4.69) is 41.1 Å². The number of aromatic amines is 1. The van der Waals surface area contributed by atoms with Crippen LogP contribution in [-0.2, 0) is 4.74 Å². The topological polar surface area (TPSA) is 61.5 Å². The Labute approximate surface area is 159 Å². The lowest BCUT2D eigenvalue weighted by atomic mass is 10.1. The Hall–Kier alpha value is -2.76. The standard InChI is InChI=1S/C21H26N4O2/c1-14-5-6-15-17(13-14)23-19(16-7-8-22-18(15)16)24-9-11-25(12-10-24)20(26)27-21(2,3)4/h5-8,13,22H,9-12H2,1-4H3. The summed E-state index contributed by atoms with van der Waals surface area (Å²) >= 11 is 0. The average Bonchev–Trinajstić information content (AvgIpc) is 3.09. The van der Waals surface area contributed by atoms with Crippen LogP contribution in [0.3, 0.4) is 0 Å². The summed E-state index contributed by atoms with van der Waals surface area (Å²) < 4.78 is 5.49. The summed E-state index contributed by atoms with van der Waals surface area (Å²) in [6.07, 6.45) is 1.72. The maximum atomic E-state index is 12.3. The van der Waals surface area contributed by atoms with E-state index in [0.29, 0.717) is 13.1 Å². The molecule has 1 aliphatic rings. The molecule has 3 heterocycles. The number of amides is 1. The van der Waals surface area contributed by atoms with Gasteiger partial charge in [-0.3, -0.25) is 0 Å². The van der Waals surface area contributed by atoms with Gasteiger partial charge in [-0.2, -0.15) is 0 Å². The van der Waals surface area contributed by atoms with Crippen LogP contribution in [0, 0.1) is 6.92 Å². The molecule has 1 saturated heterocycles. The predicted octanol–water partition coefficient (Wildman–Crippen LogP) is 4.08. The number of nitrogens with zero attached hydrogens (tertiary/aromatic N) is 3. The molecular formula is C21H26N4O2. The van der Waals surface area contributed by atoms with Gasteiger partial charge in [0.15, 0.2) is 0 Å². The van der Waals surface area contributed by atoms with Gasteiger partial charge in [0, 0.05) is 43.1 Å². The molecule has 1 aromatic carbocycles. The molecule has 1 N–H and O–H groups in total. The van der Waals surface area contributed by atoms with Crippen molar-refractivity contribution in [2.45, 2.75) is 33.3 Å². The van der Waals surface area contributed by atoms with Crippen molar-refractivity contribution in [1.29, 1.82) is 0 Å². The van der Waals surface area contributed by atoms with Gasteiger partial charge >= 0.3 is 6.09 Å². The van der Waals surface area contributed by atoms with E-state index >= 15 is 0 Å². The van der Waals surface area contributed by atoms with E-state index < -0.39 is 5.60 Å². The minimum Gasteiger partial charge on any atom is -0.444 e. The molecule has 2 aromatic heterocycles. The first-order valence-electron chi connectivity index (χ1n) is 9.42. The molecule has 4 rings (SSSR count). The summed E-state index contributed by atoms with van der Waals surface area (Å²) in [6.45, 7) is 10.5. The number of carbonyl (C=O) groups is 1. The molecule has 1 amide bonds. The van der Waals surface area contributed by atoms with Crippen LogP contribution >= 0.6 is 0 Å². The lowest BCUT2D eigenvalue weighted by Gasteiger charge is -2.36. The monoisotopic (exact) mass is 366 g/mol. The summed E-state index contributed by atoms with van der Waals surface area (Å²) in [6, 6.07) is 8.44. The quantitative estimate of drug-likeness (QED) is 0.705. The molecule has 0 saturated carbocycles. The number of pyridine rings is 1. The number of H-pyrrole nitrogens is 1. The predicted molar refractivity (Wildman–Crippen MR) is 108 cm³/mol. The van der Waals surface area contributed by atoms with Gasteiger partial charge in [-0.1, -0.05) is 12.1 Å². The van der Waals surface area contributed by atoms with Crippen LogP contribution in [-0.4, -0.2) is 52.7 Å². The van der Waals surface area contributed by atoms with Gasteiger partial charge in [0.25, 0.3) is 0 Å². The molecule has 1 fully saturated rings. The molecular weight excluding hydrogens is 340 g/mol. The molecule has 0 atom stereocenters. The number of anilines is 1. The van der Waals surface area contributed by atoms with Crippen molar-refractivity contribution >= 4 is 33.7 Å². The first-order valence-corrected chi connectivity index (χ1v) is 9.42. The van der Waals surface area contributed by atoms with Crippen molar-refractivity contribution in [2.24, 2.45) is 0 Å². The Balaban J connectivity index is 1.60. The molecule has 142 valence electrons. The second-order valence-corrected chi connectivity index (χ2v) is 8.18. The zero-order chi connectivity index (χ0) is 19.2. The molecule has 27 heavy (non-hydrogen) atoms. The van der Waals surface area contributed by atoms with Crippen LogP contribution in [0.15, 0.2) is 30.5 Å². The van der Waals surface area contributed by atoms with Crippen molar-refractivity contribution in [3.05, 3.63) is 36.0 Å². The third-order valence-corrected chi connectivity index (χ3v) is 4.87. The van der Waals surface area contributed by atoms with E-state index in [1.807, 2.05) is 27.0 Å². The summed E-state index contributed by atoms with van der Waals surface area (Å²) in [4.78, 5) is 24.7. The van der Waals surface area contributed by atoms with Gasteiger partial charge in [0.2, 0.25) is 0 Å². The first-order chi connectivity index (χ1) is 12.8. The molecule has 0 spiro atoms. The minimum absolute atomic E-state index is 0.240. The average molecular weight is 366 g/mol. The fourth-order valence-corrected chi connectivity index (χ4v) is 3.57. The number of piperazine rings is 1. The van der Waals surface area contributed by atoms with Crippen LogP contribution in [0.5, 0.6) is 0 Å². The van der Waals surface area contributed by atoms with E-state index in [-0.39, 0.29) is 6.09 Å². The van der Waals surface area contributed by atoms with Crippen molar-refractivity contribution < 1.29 is 9.53 Å². The molecule has 0 radical (unpaired) electrons. The van der Waals surface area contributed by atoms with Gasteiger partial charge < -0.3 is 19.5 Å². The number of nitrogens with one attached hydrogen (secondary N) is 1. The van der Waals surface area contributed by atoms with Crippen LogP contribution in [0.25, 0.3) is 21.8 Å². The molecule has 0 unspecified atom stereocenters. The Bertz CT molecular complexity index is 994. The highest BCUT2D eigenvalue weighted by Crippen LogP contribution is 2.31. The fourth-order valence-electron chi connectivity index (χ4n) is 3.57. The van der Waals surface area contributed by atoms with E-state index in [9.17, 15) is 4.79 Å². The Morgan fingerprint density at radius 3 is 2.56 bits per heavy atom.